The second kappa shape index (κ2) is 6.93. The summed E-state index contributed by atoms with van der Waals surface area (Å²) in [4.78, 5) is 10.8. The fraction of sp³-hybridized carbons (Fsp3) is 0.909. The van der Waals surface area contributed by atoms with Gasteiger partial charge in [0, 0.05) is 19.5 Å². The molecular weight excluding hydrogens is 297 g/mol. The minimum atomic E-state index is -4.81. The summed E-state index contributed by atoms with van der Waals surface area (Å²) in [5.74, 6) is 0. The van der Waals surface area contributed by atoms with E-state index in [2.05, 4.69) is 0 Å². The molecule has 0 radical (unpaired) electrons. The molecule has 1 aliphatic heterocycles. The summed E-state index contributed by atoms with van der Waals surface area (Å²) in [6.45, 7) is 5.41. The second-order valence-electron chi connectivity index (χ2n) is 5.72. The summed E-state index contributed by atoms with van der Waals surface area (Å²) >= 11 is 0. The van der Waals surface area contributed by atoms with Crippen LogP contribution in [0.1, 0.15) is 40.0 Å². The quantitative estimate of drug-likeness (QED) is 0.428. The van der Waals surface area contributed by atoms with Crippen molar-refractivity contribution in [1.82, 2.24) is 4.90 Å². The molecule has 1 aliphatic rings. The molecule has 0 spiro atoms. The van der Waals surface area contributed by atoms with Gasteiger partial charge in [0.2, 0.25) is 0 Å². The summed E-state index contributed by atoms with van der Waals surface area (Å²) in [6.07, 6.45) is -0.798. The SMILES string of the molecule is CC(C)(C)OC(=O)N1CCCC(O)(S(=O)(=O)[O-])CC1.[Na+]. The first-order valence-corrected chi connectivity index (χ1v) is 7.51. The van der Waals surface area contributed by atoms with Crippen LogP contribution in [0.4, 0.5) is 4.79 Å². The number of hydrogen-bond donors (Lipinski definition) is 1. The van der Waals surface area contributed by atoms with Crippen LogP contribution in [0, 0.1) is 0 Å². The summed E-state index contributed by atoms with van der Waals surface area (Å²) < 4.78 is 38.2. The maximum Gasteiger partial charge on any atom is 1.00 e. The minimum absolute atomic E-state index is 0. The van der Waals surface area contributed by atoms with Crippen LogP contribution in [0.15, 0.2) is 0 Å². The smallest absolute Gasteiger partial charge is 0.746 e. The summed E-state index contributed by atoms with van der Waals surface area (Å²) in [5, 5.41) is 9.84. The van der Waals surface area contributed by atoms with Gasteiger partial charge in [-0.1, -0.05) is 0 Å². The van der Waals surface area contributed by atoms with Crippen molar-refractivity contribution in [2.24, 2.45) is 0 Å². The monoisotopic (exact) mass is 317 g/mol. The Morgan fingerprint density at radius 1 is 1.30 bits per heavy atom. The first-order valence-electron chi connectivity index (χ1n) is 6.10. The van der Waals surface area contributed by atoms with E-state index in [4.69, 9.17) is 4.74 Å². The normalized spacial score (nSPS) is 24.6. The number of amides is 1. The molecule has 0 aromatic heterocycles. The Labute approximate surface area is 141 Å². The third-order valence-corrected chi connectivity index (χ3v) is 4.22. The van der Waals surface area contributed by atoms with E-state index in [1.165, 1.54) is 4.90 Å². The van der Waals surface area contributed by atoms with Gasteiger partial charge in [0.1, 0.15) is 15.7 Å². The maximum atomic E-state index is 11.8. The van der Waals surface area contributed by atoms with Crippen LogP contribution in [0.3, 0.4) is 0 Å². The molecule has 1 atom stereocenters. The zero-order valence-corrected chi connectivity index (χ0v) is 15.2. The predicted octanol–water partition coefficient (Wildman–Crippen LogP) is -2.35. The van der Waals surface area contributed by atoms with Crippen molar-refractivity contribution in [3.8, 4) is 0 Å². The Balaban J connectivity index is 0.00000361. The summed E-state index contributed by atoms with van der Waals surface area (Å²) in [7, 11) is -4.81. The number of hydrogen-bond acceptors (Lipinski definition) is 6. The topological polar surface area (TPSA) is 107 Å². The standard InChI is InChI=1S/C11H21NO6S.Na/c1-10(2,3)18-9(13)12-7-4-5-11(14,6-8-12)19(15,16)17;/h14H,4-8H2,1-3H3,(H,15,16,17);/q;+1/p-1. The fourth-order valence-electron chi connectivity index (χ4n) is 1.85. The molecule has 7 nitrogen and oxygen atoms in total. The van der Waals surface area contributed by atoms with E-state index < -0.39 is 26.7 Å². The van der Waals surface area contributed by atoms with Crippen molar-refractivity contribution in [1.29, 1.82) is 0 Å². The van der Waals surface area contributed by atoms with Crippen molar-refractivity contribution in [2.45, 2.75) is 50.6 Å². The summed E-state index contributed by atoms with van der Waals surface area (Å²) in [6, 6.07) is 0. The number of nitrogens with zero attached hydrogens (tertiary/aromatic N) is 1. The zero-order chi connectivity index (χ0) is 14.9. The van der Waals surface area contributed by atoms with Gasteiger partial charge in [0.25, 0.3) is 0 Å². The van der Waals surface area contributed by atoms with Crippen LogP contribution in [0.25, 0.3) is 0 Å². The van der Waals surface area contributed by atoms with Gasteiger partial charge < -0.3 is 19.3 Å². The van der Waals surface area contributed by atoms with Crippen LogP contribution in [-0.2, 0) is 14.9 Å². The number of carbonyl (C=O) groups is 1. The Morgan fingerprint density at radius 3 is 2.30 bits per heavy atom. The van der Waals surface area contributed by atoms with Crippen LogP contribution in [0.2, 0.25) is 0 Å². The first-order chi connectivity index (χ1) is 8.45. The number of rotatable bonds is 1. The van der Waals surface area contributed by atoms with Gasteiger partial charge >= 0.3 is 35.7 Å². The van der Waals surface area contributed by atoms with E-state index in [0.717, 1.165) is 0 Å². The number of aliphatic hydroxyl groups is 1. The van der Waals surface area contributed by atoms with Gasteiger partial charge in [-0.2, -0.15) is 0 Å². The van der Waals surface area contributed by atoms with E-state index in [0.29, 0.717) is 0 Å². The van der Waals surface area contributed by atoms with Crippen molar-refractivity contribution in [2.75, 3.05) is 13.1 Å². The molecular formula is C11H20NNaO6S. The Morgan fingerprint density at radius 2 is 1.85 bits per heavy atom. The van der Waals surface area contributed by atoms with Crippen molar-refractivity contribution in [3.63, 3.8) is 0 Å². The van der Waals surface area contributed by atoms with E-state index in [9.17, 15) is 22.9 Å². The number of carbonyl (C=O) groups excluding carboxylic acids is 1. The molecule has 9 heteroatoms. The first kappa shape index (κ1) is 20.1. The average Bonchev–Trinajstić information content (AvgIpc) is 2.37. The Hall–Kier alpha value is 0.140. The fourth-order valence-corrected chi connectivity index (χ4v) is 2.59. The van der Waals surface area contributed by atoms with Gasteiger partial charge in [-0.05, 0) is 33.6 Å². The molecule has 1 fully saturated rings. The minimum Gasteiger partial charge on any atom is -0.746 e. The largest absolute Gasteiger partial charge is 1.00 e. The van der Waals surface area contributed by atoms with Crippen molar-refractivity contribution < 1.29 is 57.2 Å². The Bertz CT molecular complexity index is 446. The van der Waals surface area contributed by atoms with Crippen LogP contribution in [0.5, 0.6) is 0 Å². The van der Waals surface area contributed by atoms with Crippen LogP contribution < -0.4 is 29.6 Å². The number of ether oxygens (including phenoxy) is 1. The molecule has 1 saturated heterocycles. The van der Waals surface area contributed by atoms with E-state index >= 15 is 0 Å². The van der Waals surface area contributed by atoms with Gasteiger partial charge in [-0.3, -0.25) is 0 Å². The molecule has 0 saturated carbocycles. The van der Waals surface area contributed by atoms with Gasteiger partial charge in [0.15, 0.2) is 4.93 Å². The molecule has 0 aromatic carbocycles. The van der Waals surface area contributed by atoms with Crippen LogP contribution >= 0.6 is 0 Å². The van der Waals surface area contributed by atoms with Gasteiger partial charge in [0.05, 0.1) is 0 Å². The molecule has 0 aliphatic carbocycles. The molecule has 20 heavy (non-hydrogen) atoms. The predicted molar refractivity (Wildman–Crippen MR) is 66.3 cm³/mol. The van der Waals surface area contributed by atoms with Gasteiger partial charge in [-0.15, -0.1) is 0 Å². The summed E-state index contributed by atoms with van der Waals surface area (Å²) in [5.41, 5.74) is -0.649. The molecule has 1 unspecified atom stereocenters. The van der Waals surface area contributed by atoms with Crippen molar-refractivity contribution in [3.05, 3.63) is 0 Å². The third kappa shape index (κ3) is 5.50. The molecule has 1 N–H and O–H groups in total. The maximum absolute atomic E-state index is 11.8. The molecule has 1 rings (SSSR count). The molecule has 1 heterocycles. The van der Waals surface area contributed by atoms with E-state index in [-0.39, 0.29) is 61.9 Å². The van der Waals surface area contributed by atoms with E-state index in [1.54, 1.807) is 20.8 Å². The molecule has 1 amide bonds. The third-order valence-electron chi connectivity index (χ3n) is 2.88. The Kier molecular flexibility index (Phi) is 6.98. The zero-order valence-electron chi connectivity index (χ0n) is 12.4. The van der Waals surface area contributed by atoms with Crippen molar-refractivity contribution >= 4 is 16.2 Å². The van der Waals surface area contributed by atoms with E-state index in [1.807, 2.05) is 0 Å². The molecule has 112 valence electrons. The molecule has 0 bridgehead atoms. The van der Waals surface area contributed by atoms with Gasteiger partial charge in [-0.25, -0.2) is 13.2 Å². The average molecular weight is 317 g/mol. The molecule has 0 aromatic rings. The second-order valence-corrected chi connectivity index (χ2v) is 7.39. The van der Waals surface area contributed by atoms with Crippen LogP contribution in [-0.4, -0.2) is 52.7 Å². The number of likely N-dealkylation sites (tertiary alicyclic amines) is 1.